The van der Waals surface area contributed by atoms with E-state index in [1.165, 1.54) is 0 Å². The molecule has 1 amide bonds. The van der Waals surface area contributed by atoms with Crippen LogP contribution in [0, 0.1) is 0 Å². The summed E-state index contributed by atoms with van der Waals surface area (Å²) >= 11 is 0. The Labute approximate surface area is 120 Å². The molecule has 0 aliphatic carbocycles. The number of nitrogens with zero attached hydrogens (tertiary/aromatic N) is 1. The molecule has 2 fully saturated rings. The van der Waals surface area contributed by atoms with Gasteiger partial charge in [0.15, 0.2) is 0 Å². The number of rotatable bonds is 5. The van der Waals surface area contributed by atoms with Gasteiger partial charge < -0.3 is 14.7 Å². The van der Waals surface area contributed by atoms with Gasteiger partial charge in [-0.2, -0.15) is 0 Å². The number of amides is 1. The average molecular weight is 283 g/mol. The zero-order chi connectivity index (χ0) is 14.6. The van der Waals surface area contributed by atoms with E-state index >= 15 is 0 Å². The lowest BCUT2D eigenvalue weighted by molar-refractivity contribution is -0.158. The Morgan fingerprint density at radius 1 is 1.35 bits per heavy atom. The van der Waals surface area contributed by atoms with Crippen LogP contribution in [0.15, 0.2) is 0 Å². The molecular weight excluding hydrogens is 258 g/mol. The van der Waals surface area contributed by atoms with Crippen LogP contribution in [0.3, 0.4) is 0 Å². The van der Waals surface area contributed by atoms with Crippen LogP contribution in [-0.2, 0) is 14.3 Å². The second-order valence-corrected chi connectivity index (χ2v) is 5.93. The molecule has 0 radical (unpaired) electrons. The molecule has 0 aromatic heterocycles. The van der Waals surface area contributed by atoms with Gasteiger partial charge in [-0.05, 0) is 38.5 Å². The number of hydrogen-bond acceptors (Lipinski definition) is 3. The smallest absolute Gasteiger partial charge is 0.329 e. The molecule has 0 aromatic rings. The maximum Gasteiger partial charge on any atom is 0.329 e. The van der Waals surface area contributed by atoms with Crippen molar-refractivity contribution in [1.29, 1.82) is 0 Å². The molecule has 2 aliphatic rings. The normalized spacial score (nSPS) is 30.4. The molecule has 2 aliphatic heterocycles. The lowest BCUT2D eigenvalue weighted by Crippen LogP contribution is -2.53. The van der Waals surface area contributed by atoms with Gasteiger partial charge >= 0.3 is 5.97 Å². The van der Waals surface area contributed by atoms with Crippen LogP contribution in [0.1, 0.15) is 58.3 Å². The molecule has 2 heterocycles. The third-order valence-corrected chi connectivity index (χ3v) is 4.53. The summed E-state index contributed by atoms with van der Waals surface area (Å²) in [5.74, 6) is -0.903. The maximum absolute atomic E-state index is 12.5. The number of carboxylic acids is 1. The van der Waals surface area contributed by atoms with Gasteiger partial charge in [-0.3, -0.25) is 4.79 Å². The topological polar surface area (TPSA) is 66.8 Å². The van der Waals surface area contributed by atoms with Gasteiger partial charge in [-0.25, -0.2) is 4.79 Å². The van der Waals surface area contributed by atoms with Gasteiger partial charge in [-0.1, -0.05) is 13.3 Å². The Morgan fingerprint density at radius 3 is 2.75 bits per heavy atom. The van der Waals surface area contributed by atoms with E-state index in [0.29, 0.717) is 25.8 Å². The highest BCUT2D eigenvalue weighted by atomic mass is 16.5. The van der Waals surface area contributed by atoms with Crippen molar-refractivity contribution in [2.24, 2.45) is 0 Å². The number of hydrogen-bond donors (Lipinski definition) is 1. The van der Waals surface area contributed by atoms with Crippen molar-refractivity contribution in [3.63, 3.8) is 0 Å². The highest BCUT2D eigenvalue weighted by Gasteiger charge is 2.49. The van der Waals surface area contributed by atoms with Gasteiger partial charge in [0.1, 0.15) is 5.54 Å². The Morgan fingerprint density at radius 2 is 2.15 bits per heavy atom. The van der Waals surface area contributed by atoms with E-state index in [1.807, 2.05) is 6.92 Å². The first-order chi connectivity index (χ1) is 9.60. The third-order valence-electron chi connectivity index (χ3n) is 4.53. The van der Waals surface area contributed by atoms with Gasteiger partial charge in [-0.15, -0.1) is 0 Å². The molecule has 114 valence electrons. The lowest BCUT2D eigenvalue weighted by atomic mass is 9.90. The maximum atomic E-state index is 12.5. The van der Waals surface area contributed by atoms with Crippen LogP contribution >= 0.6 is 0 Å². The molecule has 2 unspecified atom stereocenters. The fourth-order valence-electron chi connectivity index (χ4n) is 3.52. The van der Waals surface area contributed by atoms with Gasteiger partial charge in [0.25, 0.3) is 0 Å². The Balaban J connectivity index is 2.04. The summed E-state index contributed by atoms with van der Waals surface area (Å²) in [4.78, 5) is 25.8. The van der Waals surface area contributed by atoms with Gasteiger partial charge in [0.2, 0.25) is 5.91 Å². The molecule has 0 spiro atoms. The largest absolute Gasteiger partial charge is 0.479 e. The van der Waals surface area contributed by atoms with Crippen LogP contribution in [-0.4, -0.2) is 46.7 Å². The number of carbonyl (C=O) groups is 2. The lowest BCUT2D eigenvalue weighted by Gasteiger charge is -2.36. The standard InChI is InChI=1S/C15H25NO4/c1-2-7-15(14(18)19)8-5-9-16(15)13(17)11-12-6-3-4-10-20-12/h12H,2-11H2,1H3,(H,18,19). The Bertz CT molecular complexity index is 365. The van der Waals surface area contributed by atoms with Gasteiger partial charge in [0.05, 0.1) is 12.5 Å². The minimum atomic E-state index is -0.972. The van der Waals surface area contributed by atoms with E-state index in [1.54, 1.807) is 4.90 Å². The second kappa shape index (κ2) is 6.57. The monoisotopic (exact) mass is 283 g/mol. The Hall–Kier alpha value is -1.10. The van der Waals surface area contributed by atoms with Crippen molar-refractivity contribution in [2.75, 3.05) is 13.2 Å². The molecule has 20 heavy (non-hydrogen) atoms. The predicted octanol–water partition coefficient (Wildman–Crippen LogP) is 2.19. The fourth-order valence-corrected chi connectivity index (χ4v) is 3.52. The van der Waals surface area contributed by atoms with Crippen LogP contribution in [0.4, 0.5) is 0 Å². The van der Waals surface area contributed by atoms with Gasteiger partial charge in [0, 0.05) is 13.2 Å². The molecule has 5 heteroatoms. The van der Waals surface area contributed by atoms with Crippen molar-refractivity contribution in [3.05, 3.63) is 0 Å². The molecule has 1 N–H and O–H groups in total. The number of likely N-dealkylation sites (tertiary alicyclic amines) is 1. The first-order valence-corrected chi connectivity index (χ1v) is 7.75. The molecule has 2 atom stereocenters. The van der Waals surface area contributed by atoms with Crippen molar-refractivity contribution in [1.82, 2.24) is 4.90 Å². The number of carbonyl (C=O) groups excluding carboxylic acids is 1. The minimum Gasteiger partial charge on any atom is -0.479 e. The van der Waals surface area contributed by atoms with Crippen molar-refractivity contribution in [2.45, 2.75) is 69.9 Å². The van der Waals surface area contributed by atoms with E-state index in [9.17, 15) is 14.7 Å². The second-order valence-electron chi connectivity index (χ2n) is 5.93. The van der Waals surface area contributed by atoms with Crippen LogP contribution in [0.25, 0.3) is 0 Å². The first-order valence-electron chi connectivity index (χ1n) is 7.75. The third kappa shape index (κ3) is 2.97. The van der Waals surface area contributed by atoms with Crippen LogP contribution in [0.2, 0.25) is 0 Å². The molecular formula is C15H25NO4. The summed E-state index contributed by atoms with van der Waals surface area (Å²) in [6, 6.07) is 0. The van der Waals surface area contributed by atoms with Crippen LogP contribution < -0.4 is 0 Å². The first kappa shape index (κ1) is 15.3. The summed E-state index contributed by atoms with van der Waals surface area (Å²) in [6.07, 6.45) is 6.05. The molecule has 0 aromatic carbocycles. The molecule has 0 saturated carbocycles. The van der Waals surface area contributed by atoms with E-state index in [4.69, 9.17) is 4.74 Å². The van der Waals surface area contributed by atoms with Crippen LogP contribution in [0.5, 0.6) is 0 Å². The zero-order valence-corrected chi connectivity index (χ0v) is 12.3. The van der Waals surface area contributed by atoms with E-state index < -0.39 is 11.5 Å². The average Bonchev–Trinajstić information content (AvgIpc) is 2.85. The van der Waals surface area contributed by atoms with E-state index in [-0.39, 0.29) is 12.0 Å². The zero-order valence-electron chi connectivity index (χ0n) is 12.3. The summed E-state index contributed by atoms with van der Waals surface area (Å²) < 4.78 is 5.60. The number of aliphatic carboxylic acids is 1. The van der Waals surface area contributed by atoms with E-state index in [2.05, 4.69) is 0 Å². The predicted molar refractivity (Wildman–Crippen MR) is 74.4 cm³/mol. The molecule has 0 bridgehead atoms. The molecule has 2 saturated heterocycles. The highest BCUT2D eigenvalue weighted by Crippen LogP contribution is 2.35. The highest BCUT2D eigenvalue weighted by molar-refractivity contribution is 5.88. The SMILES string of the molecule is CCCC1(C(=O)O)CCCN1C(=O)CC1CCCCO1. The molecule has 5 nitrogen and oxygen atoms in total. The minimum absolute atomic E-state index is 0.0232. The number of carboxylic acid groups (broad SMARTS) is 1. The van der Waals surface area contributed by atoms with E-state index in [0.717, 1.165) is 38.7 Å². The number of ether oxygens (including phenoxy) is 1. The summed E-state index contributed by atoms with van der Waals surface area (Å²) in [6.45, 7) is 3.25. The molecule has 2 rings (SSSR count). The summed E-state index contributed by atoms with van der Waals surface area (Å²) in [5.41, 5.74) is -0.972. The van der Waals surface area contributed by atoms with Crippen molar-refractivity contribution < 1.29 is 19.4 Å². The van der Waals surface area contributed by atoms with Crippen molar-refractivity contribution >= 4 is 11.9 Å². The Kier molecular flexibility index (Phi) is 5.02. The summed E-state index contributed by atoms with van der Waals surface area (Å²) in [5, 5.41) is 9.59. The fraction of sp³-hybridized carbons (Fsp3) is 0.867. The quantitative estimate of drug-likeness (QED) is 0.840. The van der Waals surface area contributed by atoms with Crippen molar-refractivity contribution in [3.8, 4) is 0 Å². The summed E-state index contributed by atoms with van der Waals surface area (Å²) in [7, 11) is 0.